The Morgan fingerprint density at radius 2 is 2.11 bits per heavy atom. The van der Waals surface area contributed by atoms with Crippen LogP contribution in [0.3, 0.4) is 0 Å². The van der Waals surface area contributed by atoms with Gasteiger partial charge in [0.15, 0.2) is 0 Å². The summed E-state index contributed by atoms with van der Waals surface area (Å²) in [5.41, 5.74) is 1.31. The molecule has 1 atom stereocenters. The van der Waals surface area contributed by atoms with Crippen molar-refractivity contribution in [1.82, 2.24) is 5.32 Å². The van der Waals surface area contributed by atoms with Crippen molar-refractivity contribution in [2.45, 2.75) is 31.8 Å². The summed E-state index contributed by atoms with van der Waals surface area (Å²) in [6.45, 7) is 2.23. The molecule has 4 heteroatoms. The summed E-state index contributed by atoms with van der Waals surface area (Å²) in [7, 11) is 1.70. The van der Waals surface area contributed by atoms with Gasteiger partial charge in [0.1, 0.15) is 5.75 Å². The van der Waals surface area contributed by atoms with Gasteiger partial charge < -0.3 is 10.1 Å². The first-order valence-corrected chi connectivity index (χ1v) is 8.32. The van der Waals surface area contributed by atoms with Gasteiger partial charge in [0.05, 0.1) is 11.6 Å². The lowest BCUT2D eigenvalue weighted by atomic mass is 10.1. The molecule has 1 aliphatic rings. The summed E-state index contributed by atoms with van der Waals surface area (Å²) >= 11 is 5.61. The van der Waals surface area contributed by atoms with Crippen LogP contribution in [0.15, 0.2) is 22.7 Å². The highest BCUT2D eigenvalue weighted by Gasteiger charge is 2.17. The van der Waals surface area contributed by atoms with Crippen LogP contribution in [0.5, 0.6) is 5.75 Å². The third-order valence-corrected chi connectivity index (χ3v) is 5.05. The number of nitrogens with one attached hydrogen (secondary N) is 1. The first-order valence-electron chi connectivity index (χ1n) is 6.38. The fourth-order valence-electron chi connectivity index (χ4n) is 2.27. The van der Waals surface area contributed by atoms with Crippen molar-refractivity contribution in [2.75, 3.05) is 18.6 Å². The van der Waals surface area contributed by atoms with Crippen LogP contribution in [0.1, 0.15) is 31.4 Å². The molecule has 1 saturated heterocycles. The van der Waals surface area contributed by atoms with E-state index in [1.54, 1.807) is 7.11 Å². The molecule has 0 aromatic heterocycles. The number of benzene rings is 1. The Kier molecular flexibility index (Phi) is 5.39. The summed E-state index contributed by atoms with van der Waals surface area (Å²) in [6.07, 6.45) is 2.57. The predicted molar refractivity (Wildman–Crippen MR) is 82.6 cm³/mol. The zero-order valence-corrected chi connectivity index (χ0v) is 13.3. The van der Waals surface area contributed by atoms with Gasteiger partial charge in [0.2, 0.25) is 0 Å². The van der Waals surface area contributed by atoms with Crippen molar-refractivity contribution in [2.24, 2.45) is 0 Å². The van der Waals surface area contributed by atoms with E-state index < -0.39 is 0 Å². The maximum Gasteiger partial charge on any atom is 0.133 e. The monoisotopic (exact) mass is 329 g/mol. The van der Waals surface area contributed by atoms with E-state index in [2.05, 4.69) is 52.1 Å². The lowest BCUT2D eigenvalue weighted by Crippen LogP contribution is -2.34. The Morgan fingerprint density at radius 3 is 2.72 bits per heavy atom. The van der Waals surface area contributed by atoms with Crippen molar-refractivity contribution in [3.63, 3.8) is 0 Å². The summed E-state index contributed by atoms with van der Waals surface area (Å²) in [4.78, 5) is 0. The summed E-state index contributed by atoms with van der Waals surface area (Å²) in [5, 5.41) is 3.72. The van der Waals surface area contributed by atoms with Gasteiger partial charge in [0, 0.05) is 12.1 Å². The van der Waals surface area contributed by atoms with Crippen LogP contribution in [-0.4, -0.2) is 24.7 Å². The van der Waals surface area contributed by atoms with E-state index in [0.29, 0.717) is 12.1 Å². The first kappa shape index (κ1) is 14.2. The van der Waals surface area contributed by atoms with Crippen molar-refractivity contribution < 1.29 is 4.74 Å². The number of ether oxygens (including phenoxy) is 1. The minimum atomic E-state index is 0.389. The van der Waals surface area contributed by atoms with Crippen LogP contribution in [-0.2, 0) is 0 Å². The van der Waals surface area contributed by atoms with Gasteiger partial charge in [-0.05, 0) is 64.9 Å². The van der Waals surface area contributed by atoms with Crippen LogP contribution >= 0.6 is 27.7 Å². The highest BCUT2D eigenvalue weighted by Crippen LogP contribution is 2.28. The Morgan fingerprint density at radius 1 is 1.39 bits per heavy atom. The normalized spacial score (nSPS) is 18.6. The standard InChI is InChI=1S/C14H20BrNOS/c1-10(16-12-5-7-18-8-6-12)11-3-4-14(17-2)13(15)9-11/h3-4,9-10,12,16H,5-8H2,1-2H3. The third-order valence-electron chi connectivity index (χ3n) is 3.38. The second kappa shape index (κ2) is 6.83. The van der Waals surface area contributed by atoms with Crippen LogP contribution in [0.2, 0.25) is 0 Å². The number of thioether (sulfide) groups is 1. The predicted octanol–water partition coefficient (Wildman–Crippen LogP) is 4.00. The van der Waals surface area contributed by atoms with Gasteiger partial charge in [-0.1, -0.05) is 6.07 Å². The van der Waals surface area contributed by atoms with Gasteiger partial charge in [-0.2, -0.15) is 11.8 Å². The first-order chi connectivity index (χ1) is 8.70. The second-order valence-electron chi connectivity index (χ2n) is 4.67. The molecule has 1 aromatic rings. The van der Waals surface area contributed by atoms with Crippen LogP contribution in [0.25, 0.3) is 0 Å². The van der Waals surface area contributed by atoms with Crippen molar-refractivity contribution in [3.8, 4) is 5.75 Å². The van der Waals surface area contributed by atoms with Crippen molar-refractivity contribution in [3.05, 3.63) is 28.2 Å². The zero-order chi connectivity index (χ0) is 13.0. The third kappa shape index (κ3) is 3.65. The molecule has 2 rings (SSSR count). The van der Waals surface area contributed by atoms with E-state index in [4.69, 9.17) is 4.74 Å². The molecule has 100 valence electrons. The molecule has 0 amide bonds. The minimum Gasteiger partial charge on any atom is -0.496 e. The Labute approximate surface area is 122 Å². The maximum absolute atomic E-state index is 5.26. The lowest BCUT2D eigenvalue weighted by molar-refractivity contribution is 0.410. The molecule has 18 heavy (non-hydrogen) atoms. The summed E-state index contributed by atoms with van der Waals surface area (Å²) in [5.74, 6) is 3.47. The van der Waals surface area contributed by atoms with E-state index in [0.717, 1.165) is 10.2 Å². The Bertz CT molecular complexity index is 393. The van der Waals surface area contributed by atoms with E-state index in [-0.39, 0.29) is 0 Å². The highest BCUT2D eigenvalue weighted by atomic mass is 79.9. The zero-order valence-electron chi connectivity index (χ0n) is 10.9. The Balaban J connectivity index is 1.99. The van der Waals surface area contributed by atoms with Crippen LogP contribution in [0.4, 0.5) is 0 Å². The van der Waals surface area contributed by atoms with Crippen LogP contribution < -0.4 is 10.1 Å². The molecule has 0 radical (unpaired) electrons. The van der Waals surface area contributed by atoms with Crippen LogP contribution in [0, 0.1) is 0 Å². The van der Waals surface area contributed by atoms with E-state index in [1.165, 1.54) is 29.9 Å². The molecule has 0 bridgehead atoms. The SMILES string of the molecule is COc1ccc(C(C)NC2CCSCC2)cc1Br. The number of hydrogen-bond acceptors (Lipinski definition) is 3. The molecule has 0 aliphatic carbocycles. The molecule has 1 unspecified atom stereocenters. The van der Waals surface area contributed by atoms with Gasteiger partial charge >= 0.3 is 0 Å². The molecule has 1 heterocycles. The van der Waals surface area contributed by atoms with Crippen molar-refractivity contribution in [1.29, 1.82) is 0 Å². The molecule has 0 saturated carbocycles. The molecular weight excluding hydrogens is 310 g/mol. The van der Waals surface area contributed by atoms with Gasteiger partial charge in [-0.25, -0.2) is 0 Å². The fraction of sp³-hybridized carbons (Fsp3) is 0.571. The molecule has 1 aliphatic heterocycles. The minimum absolute atomic E-state index is 0.389. The number of methoxy groups -OCH3 is 1. The Hall–Kier alpha value is -0.190. The number of hydrogen-bond donors (Lipinski definition) is 1. The molecule has 1 N–H and O–H groups in total. The van der Waals surface area contributed by atoms with Gasteiger partial charge in [-0.3, -0.25) is 0 Å². The van der Waals surface area contributed by atoms with Crippen molar-refractivity contribution >= 4 is 27.7 Å². The average molecular weight is 330 g/mol. The van der Waals surface area contributed by atoms with Gasteiger partial charge in [-0.15, -0.1) is 0 Å². The average Bonchev–Trinajstić information content (AvgIpc) is 2.39. The molecule has 1 fully saturated rings. The molecule has 1 aromatic carbocycles. The summed E-state index contributed by atoms with van der Waals surface area (Å²) < 4.78 is 6.28. The lowest BCUT2D eigenvalue weighted by Gasteiger charge is -2.26. The number of rotatable bonds is 4. The molecule has 2 nitrogen and oxygen atoms in total. The van der Waals surface area contributed by atoms with E-state index in [1.807, 2.05) is 6.07 Å². The largest absolute Gasteiger partial charge is 0.496 e. The fourth-order valence-corrected chi connectivity index (χ4v) is 3.93. The highest BCUT2D eigenvalue weighted by molar-refractivity contribution is 9.10. The quantitative estimate of drug-likeness (QED) is 0.901. The maximum atomic E-state index is 5.26. The second-order valence-corrected chi connectivity index (χ2v) is 6.75. The topological polar surface area (TPSA) is 21.3 Å². The smallest absolute Gasteiger partial charge is 0.133 e. The van der Waals surface area contributed by atoms with Gasteiger partial charge in [0.25, 0.3) is 0 Å². The van der Waals surface area contributed by atoms with E-state index in [9.17, 15) is 0 Å². The summed E-state index contributed by atoms with van der Waals surface area (Å²) in [6, 6.07) is 7.36. The molecular formula is C14H20BrNOS. The molecule has 0 spiro atoms. The van der Waals surface area contributed by atoms with E-state index >= 15 is 0 Å². The number of halogens is 1.